The van der Waals surface area contributed by atoms with Gasteiger partial charge in [-0.15, -0.1) is 0 Å². The zero-order valence-electron chi connectivity index (χ0n) is 14.8. The topological polar surface area (TPSA) is 58.2 Å². The number of nitrogens with one attached hydrogen (secondary N) is 2. The van der Waals surface area contributed by atoms with Gasteiger partial charge in [0.15, 0.2) is 0 Å². The van der Waals surface area contributed by atoms with Crippen molar-refractivity contribution < 1.29 is 8.42 Å². The Kier molecular flexibility index (Phi) is 5.28. The van der Waals surface area contributed by atoms with E-state index in [2.05, 4.69) is 29.1 Å². The number of anilines is 2. The molecule has 0 bridgehead atoms. The van der Waals surface area contributed by atoms with Gasteiger partial charge in [-0.3, -0.25) is 4.72 Å². The highest BCUT2D eigenvalue weighted by Crippen LogP contribution is 2.22. The number of aryl methyl sites for hydroxylation is 1. The van der Waals surface area contributed by atoms with Crippen LogP contribution >= 0.6 is 0 Å². The second kappa shape index (κ2) is 7.62. The number of sulfonamides is 1. The van der Waals surface area contributed by atoms with Crippen LogP contribution in [0, 0.1) is 6.92 Å². The van der Waals surface area contributed by atoms with Crippen molar-refractivity contribution >= 4 is 21.4 Å². The predicted molar refractivity (Wildman–Crippen MR) is 107 cm³/mol. The van der Waals surface area contributed by atoms with E-state index < -0.39 is 10.0 Å². The summed E-state index contributed by atoms with van der Waals surface area (Å²) in [6, 6.07) is 24.4. The normalized spacial score (nSPS) is 12.4. The van der Waals surface area contributed by atoms with E-state index in [1.165, 1.54) is 5.56 Å². The maximum absolute atomic E-state index is 12.5. The molecule has 26 heavy (non-hydrogen) atoms. The minimum Gasteiger partial charge on any atom is -0.379 e. The lowest BCUT2D eigenvalue weighted by atomic mass is 10.1. The van der Waals surface area contributed by atoms with Gasteiger partial charge in [0.1, 0.15) is 0 Å². The summed E-state index contributed by atoms with van der Waals surface area (Å²) in [5.74, 6) is 0. The molecule has 0 aliphatic heterocycles. The van der Waals surface area contributed by atoms with E-state index >= 15 is 0 Å². The van der Waals surface area contributed by atoms with E-state index in [9.17, 15) is 8.42 Å². The van der Waals surface area contributed by atoms with Crippen molar-refractivity contribution in [3.8, 4) is 0 Å². The van der Waals surface area contributed by atoms with Crippen molar-refractivity contribution in [2.24, 2.45) is 0 Å². The maximum Gasteiger partial charge on any atom is 0.261 e. The van der Waals surface area contributed by atoms with E-state index in [1.807, 2.05) is 43.3 Å². The van der Waals surface area contributed by atoms with Gasteiger partial charge in [0.25, 0.3) is 10.0 Å². The predicted octanol–water partition coefficient (Wildman–Crippen LogP) is 4.97. The Morgan fingerprint density at radius 1 is 0.808 bits per heavy atom. The van der Waals surface area contributed by atoms with Crippen LogP contribution < -0.4 is 10.0 Å². The molecule has 134 valence electrons. The smallest absolute Gasteiger partial charge is 0.261 e. The van der Waals surface area contributed by atoms with Gasteiger partial charge in [-0.25, -0.2) is 8.42 Å². The van der Waals surface area contributed by atoms with Crippen molar-refractivity contribution in [1.29, 1.82) is 0 Å². The van der Waals surface area contributed by atoms with Crippen LogP contribution in [0.3, 0.4) is 0 Å². The van der Waals surface area contributed by atoms with Crippen LogP contribution in [-0.4, -0.2) is 8.42 Å². The van der Waals surface area contributed by atoms with Crippen molar-refractivity contribution in [3.63, 3.8) is 0 Å². The summed E-state index contributed by atoms with van der Waals surface area (Å²) in [7, 11) is -3.59. The minimum absolute atomic E-state index is 0.158. The first-order valence-corrected chi connectivity index (χ1v) is 9.93. The summed E-state index contributed by atoms with van der Waals surface area (Å²) in [6.07, 6.45) is 0. The molecule has 0 spiro atoms. The van der Waals surface area contributed by atoms with Crippen LogP contribution in [0.4, 0.5) is 11.4 Å². The molecule has 0 aliphatic rings. The largest absolute Gasteiger partial charge is 0.379 e. The van der Waals surface area contributed by atoms with Gasteiger partial charge in [-0.1, -0.05) is 42.5 Å². The molecule has 0 aromatic heterocycles. The fraction of sp³-hybridized carbons (Fsp3) is 0.143. The molecule has 4 nitrogen and oxygen atoms in total. The van der Waals surface area contributed by atoms with Crippen LogP contribution in [0.1, 0.15) is 24.1 Å². The van der Waals surface area contributed by atoms with E-state index in [0.717, 1.165) is 11.3 Å². The summed E-state index contributed by atoms with van der Waals surface area (Å²) in [6.45, 7) is 3.96. The van der Waals surface area contributed by atoms with Crippen LogP contribution in [-0.2, 0) is 10.0 Å². The first-order chi connectivity index (χ1) is 12.4. The Hall–Kier alpha value is -2.79. The molecule has 0 radical (unpaired) electrons. The quantitative estimate of drug-likeness (QED) is 0.648. The summed E-state index contributed by atoms with van der Waals surface area (Å²) >= 11 is 0. The lowest BCUT2D eigenvalue weighted by Gasteiger charge is -2.16. The molecule has 3 aromatic rings. The average Bonchev–Trinajstić information content (AvgIpc) is 2.64. The molecule has 3 rings (SSSR count). The van der Waals surface area contributed by atoms with Crippen molar-refractivity contribution in [2.45, 2.75) is 24.8 Å². The standard InChI is InChI=1S/C21H22N2O2S/c1-16-7-6-10-21(15-16)26(24,25)23-20-13-11-19(12-14-20)22-17(2)18-8-4-3-5-9-18/h3-15,17,22-23H,1-2H3. The molecule has 0 aliphatic carbocycles. The van der Waals surface area contributed by atoms with Gasteiger partial charge in [0.2, 0.25) is 0 Å². The second-order valence-electron chi connectivity index (χ2n) is 6.28. The third-order valence-corrected chi connectivity index (χ3v) is 5.50. The second-order valence-corrected chi connectivity index (χ2v) is 7.96. The molecule has 0 heterocycles. The van der Waals surface area contributed by atoms with Gasteiger partial charge in [-0.05, 0) is 61.4 Å². The zero-order valence-corrected chi connectivity index (χ0v) is 15.6. The van der Waals surface area contributed by atoms with Gasteiger partial charge in [0, 0.05) is 17.4 Å². The lowest BCUT2D eigenvalue weighted by Crippen LogP contribution is -2.13. The highest BCUT2D eigenvalue weighted by Gasteiger charge is 2.14. The molecule has 1 atom stereocenters. The highest BCUT2D eigenvalue weighted by molar-refractivity contribution is 7.92. The molecular formula is C21H22N2O2S. The Labute approximate surface area is 155 Å². The van der Waals surface area contributed by atoms with E-state index in [4.69, 9.17) is 0 Å². The SMILES string of the molecule is Cc1cccc(S(=O)(=O)Nc2ccc(NC(C)c3ccccc3)cc2)c1. The minimum atomic E-state index is -3.59. The van der Waals surface area contributed by atoms with Crippen molar-refractivity contribution in [2.75, 3.05) is 10.0 Å². The molecule has 0 saturated heterocycles. The van der Waals surface area contributed by atoms with Gasteiger partial charge >= 0.3 is 0 Å². The van der Waals surface area contributed by atoms with Crippen molar-refractivity contribution in [3.05, 3.63) is 90.0 Å². The first-order valence-electron chi connectivity index (χ1n) is 8.45. The molecule has 0 fully saturated rings. The Bertz CT molecular complexity index is 968. The first kappa shape index (κ1) is 18.0. The molecule has 0 amide bonds. The fourth-order valence-electron chi connectivity index (χ4n) is 2.71. The van der Waals surface area contributed by atoms with Gasteiger partial charge in [0.05, 0.1) is 4.90 Å². The van der Waals surface area contributed by atoms with Gasteiger partial charge in [-0.2, -0.15) is 0 Å². The summed E-state index contributed by atoms with van der Waals surface area (Å²) < 4.78 is 27.6. The van der Waals surface area contributed by atoms with Crippen LogP contribution in [0.5, 0.6) is 0 Å². The Morgan fingerprint density at radius 3 is 2.12 bits per heavy atom. The summed E-state index contributed by atoms with van der Waals surface area (Å²) in [5.41, 5.74) is 3.56. The van der Waals surface area contributed by atoms with Crippen molar-refractivity contribution in [1.82, 2.24) is 0 Å². The Morgan fingerprint density at radius 2 is 1.46 bits per heavy atom. The summed E-state index contributed by atoms with van der Waals surface area (Å²) in [4.78, 5) is 0.261. The maximum atomic E-state index is 12.5. The third kappa shape index (κ3) is 4.43. The fourth-order valence-corrected chi connectivity index (χ4v) is 3.87. The van der Waals surface area contributed by atoms with E-state index in [1.54, 1.807) is 30.3 Å². The van der Waals surface area contributed by atoms with Crippen LogP contribution in [0.15, 0.2) is 83.8 Å². The number of hydrogen-bond donors (Lipinski definition) is 2. The van der Waals surface area contributed by atoms with E-state index in [0.29, 0.717) is 5.69 Å². The van der Waals surface area contributed by atoms with Crippen LogP contribution in [0.2, 0.25) is 0 Å². The lowest BCUT2D eigenvalue weighted by molar-refractivity contribution is 0.601. The van der Waals surface area contributed by atoms with Gasteiger partial charge < -0.3 is 5.32 Å². The Balaban J connectivity index is 1.70. The molecular weight excluding hydrogens is 344 g/mol. The number of rotatable bonds is 6. The molecule has 1 unspecified atom stereocenters. The molecule has 3 aromatic carbocycles. The monoisotopic (exact) mass is 366 g/mol. The third-order valence-electron chi connectivity index (χ3n) is 4.12. The molecule has 2 N–H and O–H groups in total. The summed E-state index contributed by atoms with van der Waals surface area (Å²) in [5, 5.41) is 3.41. The molecule has 5 heteroatoms. The van der Waals surface area contributed by atoms with E-state index in [-0.39, 0.29) is 10.9 Å². The molecule has 0 saturated carbocycles. The average molecular weight is 366 g/mol. The number of benzene rings is 3. The zero-order chi connectivity index (χ0) is 18.6. The van der Waals surface area contributed by atoms with Crippen LogP contribution in [0.25, 0.3) is 0 Å². The highest BCUT2D eigenvalue weighted by atomic mass is 32.2. The number of hydrogen-bond acceptors (Lipinski definition) is 3.